The Morgan fingerprint density at radius 2 is 2.27 bits per heavy atom. The van der Waals surface area contributed by atoms with Crippen molar-refractivity contribution < 1.29 is 4.79 Å². The monoisotopic (exact) mass is 304 g/mol. The van der Waals surface area contributed by atoms with E-state index in [1.807, 2.05) is 17.9 Å². The smallest absolute Gasteiger partial charge is 0.227 e. The maximum atomic E-state index is 12.7. The molecule has 0 aliphatic carbocycles. The van der Waals surface area contributed by atoms with Gasteiger partial charge in [-0.15, -0.1) is 0 Å². The molecule has 1 amide bonds. The summed E-state index contributed by atoms with van der Waals surface area (Å²) in [5, 5.41) is 0. The fourth-order valence-electron chi connectivity index (χ4n) is 2.98. The molecule has 1 aliphatic heterocycles. The molecule has 0 saturated carbocycles. The second-order valence-electron chi connectivity index (χ2n) is 6.05. The molecule has 22 heavy (non-hydrogen) atoms. The molecule has 1 aromatic rings. The minimum Gasteiger partial charge on any atom is -0.343 e. The van der Waals surface area contributed by atoms with Crippen molar-refractivity contribution in [3.05, 3.63) is 18.0 Å². The van der Waals surface area contributed by atoms with Gasteiger partial charge in [-0.05, 0) is 39.2 Å². The summed E-state index contributed by atoms with van der Waals surface area (Å²) >= 11 is 0. The largest absolute Gasteiger partial charge is 0.343 e. The van der Waals surface area contributed by atoms with Crippen LogP contribution in [-0.2, 0) is 4.79 Å². The van der Waals surface area contributed by atoms with E-state index in [9.17, 15) is 4.79 Å². The molecular weight excluding hydrogens is 276 g/mol. The van der Waals surface area contributed by atoms with Crippen LogP contribution in [-0.4, -0.2) is 47.0 Å². The molecule has 2 heterocycles. The second kappa shape index (κ2) is 8.11. The lowest BCUT2D eigenvalue weighted by Crippen LogP contribution is -2.45. The number of unbranched alkanes of at least 4 members (excludes halogenated alkanes) is 1. The van der Waals surface area contributed by atoms with Gasteiger partial charge in [-0.25, -0.2) is 9.97 Å². The Hall–Kier alpha value is -1.65. The van der Waals surface area contributed by atoms with Crippen molar-refractivity contribution in [2.45, 2.75) is 46.5 Å². The number of carbonyl (C=O) groups excluding carboxylic acids is 1. The highest BCUT2D eigenvalue weighted by Crippen LogP contribution is 2.22. The maximum absolute atomic E-state index is 12.7. The summed E-state index contributed by atoms with van der Waals surface area (Å²) in [6.45, 7) is 9.56. The number of amides is 1. The van der Waals surface area contributed by atoms with Gasteiger partial charge in [0.05, 0.1) is 5.92 Å². The average Bonchev–Trinajstić information content (AvgIpc) is 2.55. The zero-order valence-electron chi connectivity index (χ0n) is 14.1. The molecule has 5 nitrogen and oxygen atoms in total. The summed E-state index contributed by atoms with van der Waals surface area (Å²) in [4.78, 5) is 25.8. The molecule has 0 spiro atoms. The van der Waals surface area contributed by atoms with Crippen molar-refractivity contribution in [3.63, 3.8) is 0 Å². The van der Waals surface area contributed by atoms with Gasteiger partial charge in [0.25, 0.3) is 0 Å². The molecule has 1 saturated heterocycles. The van der Waals surface area contributed by atoms with Gasteiger partial charge in [-0.3, -0.25) is 4.79 Å². The third-order valence-corrected chi connectivity index (χ3v) is 4.31. The first-order chi connectivity index (χ1) is 10.7. The Labute approximate surface area is 133 Å². The molecule has 0 N–H and O–H groups in total. The molecule has 5 heteroatoms. The van der Waals surface area contributed by atoms with Gasteiger partial charge in [-0.2, -0.15) is 0 Å². The van der Waals surface area contributed by atoms with Crippen LogP contribution in [0.3, 0.4) is 0 Å². The Morgan fingerprint density at radius 1 is 1.45 bits per heavy atom. The van der Waals surface area contributed by atoms with Gasteiger partial charge in [0.2, 0.25) is 11.9 Å². The van der Waals surface area contributed by atoms with Gasteiger partial charge in [0.1, 0.15) is 0 Å². The maximum Gasteiger partial charge on any atom is 0.227 e. The molecule has 1 fully saturated rings. The van der Waals surface area contributed by atoms with Crippen LogP contribution in [0.25, 0.3) is 0 Å². The first-order valence-corrected chi connectivity index (χ1v) is 8.49. The van der Waals surface area contributed by atoms with Crippen LogP contribution >= 0.6 is 0 Å². The van der Waals surface area contributed by atoms with Gasteiger partial charge >= 0.3 is 0 Å². The van der Waals surface area contributed by atoms with E-state index in [2.05, 4.69) is 28.7 Å². The average molecular weight is 304 g/mol. The molecule has 122 valence electrons. The Bertz CT molecular complexity index is 491. The van der Waals surface area contributed by atoms with Crippen molar-refractivity contribution in [2.24, 2.45) is 5.92 Å². The van der Waals surface area contributed by atoms with Gasteiger partial charge < -0.3 is 9.80 Å². The summed E-state index contributed by atoms with van der Waals surface area (Å²) in [6, 6.07) is 1.90. The summed E-state index contributed by atoms with van der Waals surface area (Å²) < 4.78 is 0. The zero-order chi connectivity index (χ0) is 15.9. The minimum atomic E-state index is 0.0784. The number of piperidine rings is 1. The highest BCUT2D eigenvalue weighted by atomic mass is 16.2. The van der Waals surface area contributed by atoms with Crippen LogP contribution in [0.15, 0.2) is 12.3 Å². The highest BCUT2D eigenvalue weighted by molar-refractivity contribution is 5.79. The summed E-state index contributed by atoms with van der Waals surface area (Å²) in [7, 11) is 0. The number of rotatable bonds is 6. The Balaban J connectivity index is 2.01. The SMILES string of the molecule is CCCCN(CC)C(=O)[C@H]1CCCN(c2nccc(C)n2)C1. The summed E-state index contributed by atoms with van der Waals surface area (Å²) in [6.07, 6.45) is 6.00. The number of hydrogen-bond donors (Lipinski definition) is 0. The van der Waals surface area contributed by atoms with Crippen LogP contribution < -0.4 is 4.90 Å². The van der Waals surface area contributed by atoms with Crippen LogP contribution in [0.1, 0.15) is 45.2 Å². The van der Waals surface area contributed by atoms with E-state index in [-0.39, 0.29) is 5.92 Å². The minimum absolute atomic E-state index is 0.0784. The highest BCUT2D eigenvalue weighted by Gasteiger charge is 2.29. The number of aryl methyl sites for hydroxylation is 1. The molecule has 0 aromatic carbocycles. The van der Waals surface area contributed by atoms with Gasteiger partial charge in [0, 0.05) is 38.1 Å². The third kappa shape index (κ3) is 4.18. The molecular formula is C17H28N4O. The van der Waals surface area contributed by atoms with Crippen molar-refractivity contribution >= 4 is 11.9 Å². The normalized spacial score (nSPS) is 18.3. The van der Waals surface area contributed by atoms with Crippen LogP contribution in [0.4, 0.5) is 5.95 Å². The van der Waals surface area contributed by atoms with E-state index >= 15 is 0 Å². The van der Waals surface area contributed by atoms with Crippen molar-refractivity contribution in [3.8, 4) is 0 Å². The van der Waals surface area contributed by atoms with Crippen LogP contribution in [0.5, 0.6) is 0 Å². The standard InChI is InChI=1S/C17H28N4O/c1-4-6-11-20(5-2)16(22)15-8-7-12-21(13-15)17-18-10-9-14(3)19-17/h9-10,15H,4-8,11-13H2,1-3H3/t15-/m0/s1. The topological polar surface area (TPSA) is 49.3 Å². The summed E-state index contributed by atoms with van der Waals surface area (Å²) in [5.41, 5.74) is 0.969. The molecule has 1 aromatic heterocycles. The quantitative estimate of drug-likeness (QED) is 0.810. The first-order valence-electron chi connectivity index (χ1n) is 8.49. The lowest BCUT2D eigenvalue weighted by molar-refractivity contribution is -0.135. The fraction of sp³-hybridized carbons (Fsp3) is 0.706. The summed E-state index contributed by atoms with van der Waals surface area (Å²) in [5.74, 6) is 1.14. The zero-order valence-corrected chi connectivity index (χ0v) is 14.1. The number of carbonyl (C=O) groups is 1. The van der Waals surface area contributed by atoms with E-state index in [0.29, 0.717) is 5.91 Å². The van der Waals surface area contributed by atoms with Crippen LogP contribution in [0, 0.1) is 12.8 Å². The van der Waals surface area contributed by atoms with Crippen molar-refractivity contribution in [1.29, 1.82) is 0 Å². The fourth-order valence-corrected chi connectivity index (χ4v) is 2.98. The van der Waals surface area contributed by atoms with E-state index in [4.69, 9.17) is 0 Å². The predicted octanol–water partition coefficient (Wildman–Crippen LogP) is 2.65. The molecule has 0 bridgehead atoms. The Morgan fingerprint density at radius 3 is 2.95 bits per heavy atom. The molecule has 0 radical (unpaired) electrons. The first kappa shape index (κ1) is 16.7. The lowest BCUT2D eigenvalue weighted by Gasteiger charge is -2.34. The molecule has 1 aliphatic rings. The van der Waals surface area contributed by atoms with E-state index in [1.165, 1.54) is 0 Å². The Kier molecular flexibility index (Phi) is 6.16. The lowest BCUT2D eigenvalue weighted by atomic mass is 9.96. The van der Waals surface area contributed by atoms with Crippen molar-refractivity contribution in [1.82, 2.24) is 14.9 Å². The number of nitrogens with zero attached hydrogens (tertiary/aromatic N) is 4. The molecule has 1 atom stereocenters. The van der Waals surface area contributed by atoms with E-state index in [1.54, 1.807) is 6.20 Å². The van der Waals surface area contributed by atoms with Crippen LogP contribution in [0.2, 0.25) is 0 Å². The van der Waals surface area contributed by atoms with Gasteiger partial charge in [0.15, 0.2) is 0 Å². The number of anilines is 1. The number of hydrogen-bond acceptors (Lipinski definition) is 4. The molecule has 0 unspecified atom stereocenters. The van der Waals surface area contributed by atoms with Crippen molar-refractivity contribution in [2.75, 3.05) is 31.1 Å². The van der Waals surface area contributed by atoms with E-state index < -0.39 is 0 Å². The third-order valence-electron chi connectivity index (χ3n) is 4.31. The van der Waals surface area contributed by atoms with E-state index in [0.717, 1.165) is 63.5 Å². The molecule has 2 rings (SSSR count). The van der Waals surface area contributed by atoms with Gasteiger partial charge in [-0.1, -0.05) is 13.3 Å². The number of aromatic nitrogens is 2. The second-order valence-corrected chi connectivity index (χ2v) is 6.05. The predicted molar refractivity (Wildman–Crippen MR) is 88.9 cm³/mol.